The minimum atomic E-state index is -0.253. The number of amides is 1. The second-order valence-electron chi connectivity index (χ2n) is 6.73. The summed E-state index contributed by atoms with van der Waals surface area (Å²) in [6.07, 6.45) is 0.925. The molecule has 0 aliphatic carbocycles. The predicted octanol–water partition coefficient (Wildman–Crippen LogP) is 4.32. The summed E-state index contributed by atoms with van der Waals surface area (Å²) in [5, 5.41) is 9.33. The highest BCUT2D eigenvalue weighted by Crippen LogP contribution is 2.27. The first-order valence-electron chi connectivity index (χ1n) is 9.40. The van der Waals surface area contributed by atoms with Crippen molar-refractivity contribution in [3.63, 3.8) is 0 Å². The number of ether oxygens (including phenoxy) is 1. The average molecular weight is 374 g/mol. The molecule has 0 aliphatic rings. The molecule has 6 nitrogen and oxygen atoms in total. The summed E-state index contributed by atoms with van der Waals surface area (Å²) in [5.74, 6) is 0.916. The Bertz CT molecular complexity index is 1140. The lowest BCUT2D eigenvalue weighted by atomic mass is 10.1. The Morgan fingerprint density at radius 2 is 1.96 bits per heavy atom. The predicted molar refractivity (Wildman–Crippen MR) is 111 cm³/mol. The van der Waals surface area contributed by atoms with E-state index in [9.17, 15) is 4.79 Å². The molecule has 0 saturated carbocycles. The third-order valence-electron chi connectivity index (χ3n) is 4.55. The molecule has 2 aromatic carbocycles. The molecule has 1 N–H and O–H groups in total. The Morgan fingerprint density at radius 1 is 1.14 bits per heavy atom. The molecule has 0 spiro atoms. The molecule has 28 heavy (non-hydrogen) atoms. The van der Waals surface area contributed by atoms with Crippen molar-refractivity contribution in [2.75, 3.05) is 11.9 Å². The van der Waals surface area contributed by atoms with Gasteiger partial charge in [-0.2, -0.15) is 5.10 Å². The maximum absolute atomic E-state index is 12.4. The zero-order valence-electron chi connectivity index (χ0n) is 16.0. The highest BCUT2D eigenvalue weighted by molar-refractivity contribution is 6.03. The van der Waals surface area contributed by atoms with Crippen LogP contribution in [0.3, 0.4) is 0 Å². The van der Waals surface area contributed by atoms with Gasteiger partial charge in [0.15, 0.2) is 18.1 Å². The lowest BCUT2D eigenvalue weighted by Gasteiger charge is -2.06. The van der Waals surface area contributed by atoms with Gasteiger partial charge in [0.1, 0.15) is 5.75 Å². The van der Waals surface area contributed by atoms with Crippen molar-refractivity contribution < 1.29 is 9.53 Å². The van der Waals surface area contributed by atoms with Gasteiger partial charge in [0.25, 0.3) is 5.91 Å². The van der Waals surface area contributed by atoms with Crippen molar-refractivity contribution in [3.05, 3.63) is 60.2 Å². The number of para-hydroxylation sites is 2. The summed E-state index contributed by atoms with van der Waals surface area (Å²) in [6, 6.07) is 17.4. The fraction of sp³-hybridized carbons (Fsp3) is 0.227. The van der Waals surface area contributed by atoms with E-state index in [2.05, 4.69) is 17.3 Å². The normalized spacial score (nSPS) is 11.1. The summed E-state index contributed by atoms with van der Waals surface area (Å²) >= 11 is 0. The van der Waals surface area contributed by atoms with E-state index in [1.165, 1.54) is 0 Å². The Morgan fingerprint density at radius 3 is 2.75 bits per heavy atom. The van der Waals surface area contributed by atoms with Gasteiger partial charge in [-0.3, -0.25) is 4.79 Å². The van der Waals surface area contributed by atoms with Crippen LogP contribution in [0.2, 0.25) is 0 Å². The molecule has 142 valence electrons. The van der Waals surface area contributed by atoms with Crippen LogP contribution in [0, 0.1) is 6.92 Å². The first kappa shape index (κ1) is 18.0. The molecular formula is C22H22N4O2. The van der Waals surface area contributed by atoms with E-state index in [0.29, 0.717) is 11.6 Å². The van der Waals surface area contributed by atoms with Gasteiger partial charge in [0.05, 0.1) is 10.9 Å². The number of fused-ring (bicyclic) bond motifs is 2. The van der Waals surface area contributed by atoms with Crippen molar-refractivity contribution in [1.82, 2.24) is 14.8 Å². The van der Waals surface area contributed by atoms with Crippen molar-refractivity contribution in [3.8, 4) is 5.75 Å². The lowest BCUT2D eigenvalue weighted by molar-refractivity contribution is -0.118. The number of aryl methyl sites for hydroxylation is 2. The molecule has 4 aromatic rings. The Hall–Kier alpha value is -3.41. The van der Waals surface area contributed by atoms with Crippen LogP contribution in [0.5, 0.6) is 5.75 Å². The highest BCUT2D eigenvalue weighted by Gasteiger charge is 2.16. The van der Waals surface area contributed by atoms with Crippen LogP contribution in [0.4, 0.5) is 5.82 Å². The lowest BCUT2D eigenvalue weighted by Crippen LogP contribution is -2.20. The molecule has 4 rings (SSSR count). The van der Waals surface area contributed by atoms with Gasteiger partial charge in [0, 0.05) is 11.9 Å². The second-order valence-corrected chi connectivity index (χ2v) is 6.73. The van der Waals surface area contributed by atoms with Gasteiger partial charge < -0.3 is 10.1 Å². The number of hydrogen-bond acceptors (Lipinski definition) is 4. The molecule has 0 unspecified atom stereocenters. The molecule has 6 heteroatoms. The van der Waals surface area contributed by atoms with Gasteiger partial charge in [-0.1, -0.05) is 43.3 Å². The average Bonchev–Trinajstić information content (AvgIpc) is 3.03. The van der Waals surface area contributed by atoms with E-state index >= 15 is 0 Å². The Kier molecular flexibility index (Phi) is 4.93. The quantitative estimate of drug-likeness (QED) is 0.546. The Balaban J connectivity index is 1.65. The zero-order chi connectivity index (χ0) is 19.5. The molecule has 0 aliphatic heterocycles. The molecule has 0 radical (unpaired) electrons. The summed E-state index contributed by atoms with van der Waals surface area (Å²) in [7, 11) is 0. The molecule has 0 atom stereocenters. The maximum Gasteiger partial charge on any atom is 0.263 e. The first-order valence-corrected chi connectivity index (χ1v) is 9.40. The van der Waals surface area contributed by atoms with E-state index in [0.717, 1.165) is 40.5 Å². The highest BCUT2D eigenvalue weighted by atomic mass is 16.5. The molecule has 1 amide bonds. The summed E-state index contributed by atoms with van der Waals surface area (Å²) in [4.78, 5) is 17.2. The molecule has 0 bridgehead atoms. The summed E-state index contributed by atoms with van der Waals surface area (Å²) < 4.78 is 7.39. The van der Waals surface area contributed by atoms with Crippen LogP contribution < -0.4 is 10.1 Å². The summed E-state index contributed by atoms with van der Waals surface area (Å²) in [6.45, 7) is 4.79. The topological polar surface area (TPSA) is 69.0 Å². The molecule has 0 saturated heterocycles. The third kappa shape index (κ3) is 3.53. The second kappa shape index (κ2) is 7.68. The molecule has 0 fully saturated rings. The van der Waals surface area contributed by atoms with E-state index in [-0.39, 0.29) is 12.5 Å². The van der Waals surface area contributed by atoms with Crippen LogP contribution in [-0.4, -0.2) is 27.3 Å². The summed E-state index contributed by atoms with van der Waals surface area (Å²) in [5.41, 5.74) is 2.85. The van der Waals surface area contributed by atoms with E-state index in [1.807, 2.05) is 66.2 Å². The zero-order valence-corrected chi connectivity index (χ0v) is 16.0. The van der Waals surface area contributed by atoms with Crippen molar-refractivity contribution >= 4 is 33.7 Å². The fourth-order valence-corrected chi connectivity index (χ4v) is 3.22. The van der Waals surface area contributed by atoms with Crippen LogP contribution in [0.15, 0.2) is 54.6 Å². The Labute approximate surface area is 163 Å². The number of carbonyl (C=O) groups is 1. The first-order chi connectivity index (χ1) is 13.7. The van der Waals surface area contributed by atoms with Crippen LogP contribution in [-0.2, 0) is 11.3 Å². The van der Waals surface area contributed by atoms with Gasteiger partial charge in [-0.25, -0.2) is 9.67 Å². The number of pyridine rings is 1. The number of nitrogens with one attached hydrogen (secondary N) is 1. The van der Waals surface area contributed by atoms with Gasteiger partial charge in [0.2, 0.25) is 0 Å². The van der Waals surface area contributed by atoms with Gasteiger partial charge >= 0.3 is 0 Å². The van der Waals surface area contributed by atoms with E-state index in [1.54, 1.807) is 0 Å². The van der Waals surface area contributed by atoms with E-state index in [4.69, 9.17) is 9.72 Å². The standard InChI is InChI=1S/C22H22N4O2/c1-3-12-26-22-18(13-16-9-7-8-15(2)20(16)24-22)21(25-26)23-19(27)14-28-17-10-5-4-6-11-17/h4-11,13H,3,12,14H2,1-2H3,(H,23,25,27). The van der Waals surface area contributed by atoms with Gasteiger partial charge in [-0.05, 0) is 37.1 Å². The largest absolute Gasteiger partial charge is 0.484 e. The SMILES string of the molecule is CCCn1nc(NC(=O)COc2ccccc2)c2cc3cccc(C)c3nc21. The maximum atomic E-state index is 12.4. The minimum Gasteiger partial charge on any atom is -0.484 e. The fourth-order valence-electron chi connectivity index (χ4n) is 3.22. The number of rotatable bonds is 6. The third-order valence-corrected chi connectivity index (χ3v) is 4.55. The number of aromatic nitrogens is 3. The van der Waals surface area contributed by atoms with E-state index < -0.39 is 0 Å². The number of hydrogen-bond donors (Lipinski definition) is 1. The van der Waals surface area contributed by atoms with Crippen molar-refractivity contribution in [2.45, 2.75) is 26.8 Å². The van der Waals surface area contributed by atoms with Crippen molar-refractivity contribution in [1.29, 1.82) is 0 Å². The number of benzene rings is 2. The van der Waals surface area contributed by atoms with Crippen LogP contribution in [0.25, 0.3) is 21.9 Å². The minimum absolute atomic E-state index is 0.0771. The molecule has 2 aromatic heterocycles. The monoisotopic (exact) mass is 374 g/mol. The number of nitrogens with zero attached hydrogens (tertiary/aromatic N) is 3. The number of anilines is 1. The number of carbonyl (C=O) groups excluding carboxylic acids is 1. The van der Waals surface area contributed by atoms with Gasteiger partial charge in [-0.15, -0.1) is 0 Å². The molecular weight excluding hydrogens is 352 g/mol. The van der Waals surface area contributed by atoms with Crippen LogP contribution >= 0.6 is 0 Å². The van der Waals surface area contributed by atoms with Crippen LogP contribution in [0.1, 0.15) is 18.9 Å². The molecule has 2 heterocycles. The smallest absolute Gasteiger partial charge is 0.263 e. The van der Waals surface area contributed by atoms with Crippen molar-refractivity contribution in [2.24, 2.45) is 0 Å².